The summed E-state index contributed by atoms with van der Waals surface area (Å²) in [4.78, 5) is 49.7. The number of aryl methyl sites for hydroxylation is 1. The number of β-lactam (4-membered cyclic amide) rings is 1. The zero-order valence-electron chi connectivity index (χ0n) is 21.0. The Kier molecular flexibility index (Phi) is 9.17. The number of nitrogens with one attached hydrogen (secondary N) is 2. The monoisotopic (exact) mass is 627 g/mol. The lowest BCUT2D eigenvalue weighted by molar-refractivity contribution is -0.150. The molecule has 220 valence electrons. The Bertz CT molecular complexity index is 1500. The molecule has 2 aromatic rings. The Hall–Kier alpha value is -3.72. The first-order valence-corrected chi connectivity index (χ1v) is 15.5. The van der Waals surface area contributed by atoms with Crippen LogP contribution in [0.15, 0.2) is 40.7 Å². The molecule has 3 heterocycles. The van der Waals surface area contributed by atoms with E-state index in [0.717, 1.165) is 16.7 Å². The molecule has 41 heavy (non-hydrogen) atoms. The van der Waals surface area contributed by atoms with Crippen LogP contribution in [0.2, 0.25) is 0 Å². The molecule has 1 aromatic carbocycles. The molecule has 17 nitrogen and oxygen atoms in total. The van der Waals surface area contributed by atoms with Crippen LogP contribution in [0.3, 0.4) is 0 Å². The molecule has 0 radical (unpaired) electrons. The van der Waals surface area contributed by atoms with Gasteiger partial charge in [-0.2, -0.15) is 0 Å². The van der Waals surface area contributed by atoms with Crippen molar-refractivity contribution < 1.29 is 37.8 Å². The standard InChI is InChI=1S/C21H25N9O8S3/c22-14(10-1-3-12(4-2-10)24-7-13(31)32)17(33)25-15-18(34)30-16(20(35)36)11(8-39-19(15)30)9-40-21-26-27-28-29(21)5-6-41(23,37)38/h1-4,14-15,19,24H,5-9,22H2,(H,25,33)(H,31,32)(H,35,36)(H2,23,37,38)/t14-,15?,19-/m1/s1. The maximum atomic E-state index is 13.0. The van der Waals surface area contributed by atoms with E-state index in [1.54, 1.807) is 24.3 Å². The summed E-state index contributed by atoms with van der Waals surface area (Å²) in [6, 6.07) is 4.14. The average Bonchev–Trinajstić information content (AvgIpc) is 3.38. The van der Waals surface area contributed by atoms with Gasteiger partial charge in [0.25, 0.3) is 5.91 Å². The van der Waals surface area contributed by atoms with E-state index in [2.05, 4.69) is 26.2 Å². The molecule has 3 atom stereocenters. The van der Waals surface area contributed by atoms with Crippen molar-refractivity contribution in [3.8, 4) is 0 Å². The van der Waals surface area contributed by atoms with Gasteiger partial charge in [-0.25, -0.2) is 23.0 Å². The second-order valence-corrected chi connectivity index (χ2v) is 12.6. The summed E-state index contributed by atoms with van der Waals surface area (Å²) in [6.07, 6.45) is 0. The number of anilines is 1. The van der Waals surface area contributed by atoms with E-state index < -0.39 is 51.2 Å². The number of rotatable bonds is 13. The molecule has 2 aliphatic rings. The molecule has 0 spiro atoms. The van der Waals surface area contributed by atoms with E-state index in [4.69, 9.17) is 16.0 Å². The number of aromatic nitrogens is 4. The quantitative estimate of drug-likeness (QED) is 0.103. The molecule has 8 N–H and O–H groups in total. The first-order chi connectivity index (χ1) is 19.4. The van der Waals surface area contributed by atoms with Crippen LogP contribution in [0.25, 0.3) is 0 Å². The molecule has 0 aliphatic carbocycles. The topological polar surface area (TPSA) is 266 Å². The number of carbonyl (C=O) groups excluding carboxylic acids is 2. The number of amides is 2. The molecule has 4 rings (SSSR count). The fourth-order valence-electron chi connectivity index (χ4n) is 3.98. The number of sulfonamides is 1. The number of nitrogens with zero attached hydrogens (tertiary/aromatic N) is 5. The van der Waals surface area contributed by atoms with Gasteiger partial charge in [0.1, 0.15) is 29.7 Å². The number of aliphatic carboxylic acids is 2. The number of carboxylic acids is 2. The molecule has 1 unspecified atom stereocenters. The van der Waals surface area contributed by atoms with Crippen LogP contribution < -0.4 is 21.5 Å². The van der Waals surface area contributed by atoms with Crippen LogP contribution in [0, 0.1) is 0 Å². The Morgan fingerprint density at radius 1 is 1.22 bits per heavy atom. The van der Waals surface area contributed by atoms with Crippen molar-refractivity contribution in [1.29, 1.82) is 0 Å². The van der Waals surface area contributed by atoms with Crippen LogP contribution in [0.1, 0.15) is 11.6 Å². The third-order valence-electron chi connectivity index (χ3n) is 6.01. The number of fused-ring (bicyclic) bond motifs is 1. The van der Waals surface area contributed by atoms with E-state index in [0.29, 0.717) is 16.8 Å². The van der Waals surface area contributed by atoms with Crippen molar-refractivity contribution >= 4 is 63.0 Å². The zero-order valence-corrected chi connectivity index (χ0v) is 23.5. The number of thioether (sulfide) groups is 2. The first kappa shape index (κ1) is 30.2. The van der Waals surface area contributed by atoms with Crippen LogP contribution in [0.5, 0.6) is 0 Å². The van der Waals surface area contributed by atoms with Crippen LogP contribution in [-0.4, -0.2) is 103 Å². The Labute approximate surface area is 241 Å². The van der Waals surface area contributed by atoms with Gasteiger partial charge in [-0.3, -0.25) is 19.3 Å². The van der Waals surface area contributed by atoms with Crippen molar-refractivity contribution in [2.45, 2.75) is 29.2 Å². The van der Waals surface area contributed by atoms with Gasteiger partial charge in [-0.1, -0.05) is 23.9 Å². The molecule has 0 bridgehead atoms. The normalized spacial score (nSPS) is 19.3. The molecule has 20 heteroatoms. The number of benzene rings is 1. The van der Waals surface area contributed by atoms with Crippen molar-refractivity contribution in [2.75, 3.05) is 29.1 Å². The van der Waals surface area contributed by atoms with Gasteiger partial charge in [0, 0.05) is 17.2 Å². The van der Waals surface area contributed by atoms with Gasteiger partial charge in [0.15, 0.2) is 0 Å². The SMILES string of the molecule is N[C@@H](C(=O)NC1C(=O)N2C(C(=O)O)=C(CSc3nnnn3CCS(N)(=O)=O)CS[C@H]12)c1ccc(NCC(=O)O)cc1. The second-order valence-electron chi connectivity index (χ2n) is 8.84. The maximum Gasteiger partial charge on any atom is 0.352 e. The lowest BCUT2D eigenvalue weighted by atomic mass is 10.0. The largest absolute Gasteiger partial charge is 0.480 e. The van der Waals surface area contributed by atoms with Gasteiger partial charge in [0.2, 0.25) is 21.1 Å². The van der Waals surface area contributed by atoms with Gasteiger partial charge in [-0.15, -0.1) is 16.9 Å². The zero-order chi connectivity index (χ0) is 29.9. The Morgan fingerprint density at radius 2 is 1.93 bits per heavy atom. The highest BCUT2D eigenvalue weighted by molar-refractivity contribution is 8.01. The highest BCUT2D eigenvalue weighted by Crippen LogP contribution is 2.41. The van der Waals surface area contributed by atoms with Crippen molar-refractivity contribution in [3.05, 3.63) is 41.1 Å². The summed E-state index contributed by atoms with van der Waals surface area (Å²) in [5, 5.41) is 39.6. The fourth-order valence-corrected chi connectivity index (χ4v) is 6.80. The number of tetrazole rings is 1. The summed E-state index contributed by atoms with van der Waals surface area (Å²) in [5.74, 6) is -3.62. The smallest absolute Gasteiger partial charge is 0.352 e. The Balaban J connectivity index is 1.39. The van der Waals surface area contributed by atoms with Gasteiger partial charge >= 0.3 is 11.9 Å². The summed E-state index contributed by atoms with van der Waals surface area (Å²) in [5.41, 5.74) is 7.25. The van der Waals surface area contributed by atoms with E-state index in [9.17, 15) is 32.7 Å². The molecule has 2 amide bonds. The second kappa shape index (κ2) is 12.4. The maximum absolute atomic E-state index is 13.0. The number of primary sulfonamides is 1. The van der Waals surface area contributed by atoms with Gasteiger partial charge < -0.3 is 26.6 Å². The van der Waals surface area contributed by atoms with Gasteiger partial charge in [-0.05, 0) is 33.7 Å². The number of carboxylic acid groups (broad SMARTS) is 2. The van der Waals surface area contributed by atoms with E-state index in [-0.39, 0.29) is 41.2 Å². The van der Waals surface area contributed by atoms with Crippen molar-refractivity contribution in [1.82, 2.24) is 30.4 Å². The number of nitrogens with two attached hydrogens (primary N) is 2. The van der Waals surface area contributed by atoms with Crippen LogP contribution >= 0.6 is 23.5 Å². The van der Waals surface area contributed by atoms with Crippen molar-refractivity contribution in [2.24, 2.45) is 10.9 Å². The summed E-state index contributed by atoms with van der Waals surface area (Å²) in [6.45, 7) is -0.367. The molecule has 1 fully saturated rings. The molecule has 1 aromatic heterocycles. The number of carbonyl (C=O) groups is 4. The summed E-state index contributed by atoms with van der Waals surface area (Å²) < 4.78 is 23.7. The minimum Gasteiger partial charge on any atom is -0.480 e. The lowest BCUT2D eigenvalue weighted by Crippen LogP contribution is -2.71. The number of hydrogen-bond acceptors (Lipinski definition) is 13. The highest BCUT2D eigenvalue weighted by Gasteiger charge is 2.54. The number of hydrogen-bond donors (Lipinski definition) is 6. The van der Waals surface area contributed by atoms with Crippen LogP contribution in [0.4, 0.5) is 5.69 Å². The van der Waals surface area contributed by atoms with Crippen LogP contribution in [-0.2, 0) is 35.7 Å². The highest BCUT2D eigenvalue weighted by atomic mass is 32.2. The average molecular weight is 628 g/mol. The third kappa shape index (κ3) is 7.14. The van der Waals surface area contributed by atoms with Crippen molar-refractivity contribution in [3.63, 3.8) is 0 Å². The molecular weight excluding hydrogens is 602 g/mol. The third-order valence-corrected chi connectivity index (χ3v) is 9.14. The minimum atomic E-state index is -3.74. The molecule has 0 saturated carbocycles. The molecule has 2 aliphatic heterocycles. The molecular formula is C21H25N9O8S3. The predicted molar refractivity (Wildman–Crippen MR) is 146 cm³/mol. The van der Waals surface area contributed by atoms with E-state index in [1.807, 2.05) is 0 Å². The predicted octanol–water partition coefficient (Wildman–Crippen LogP) is -2.01. The first-order valence-electron chi connectivity index (χ1n) is 11.8. The Morgan fingerprint density at radius 3 is 2.56 bits per heavy atom. The molecule has 1 saturated heterocycles. The van der Waals surface area contributed by atoms with E-state index >= 15 is 0 Å². The summed E-state index contributed by atoms with van der Waals surface area (Å²) in [7, 11) is -3.74. The minimum absolute atomic E-state index is 0.0876. The van der Waals surface area contributed by atoms with E-state index in [1.165, 1.54) is 16.4 Å². The lowest BCUT2D eigenvalue weighted by Gasteiger charge is -2.49. The summed E-state index contributed by atoms with van der Waals surface area (Å²) >= 11 is 2.35. The van der Waals surface area contributed by atoms with Gasteiger partial charge in [0.05, 0.1) is 12.3 Å². The fraction of sp³-hybridized carbons (Fsp3) is 0.381.